The number of aromatic nitrogens is 2. The van der Waals surface area contributed by atoms with Gasteiger partial charge in [0.15, 0.2) is 5.82 Å². The lowest BCUT2D eigenvalue weighted by atomic mass is 10.2. The van der Waals surface area contributed by atoms with Gasteiger partial charge in [-0.15, -0.1) is 0 Å². The van der Waals surface area contributed by atoms with Crippen LogP contribution in [0.1, 0.15) is 16.8 Å². The summed E-state index contributed by atoms with van der Waals surface area (Å²) < 4.78 is 29.0. The van der Waals surface area contributed by atoms with Crippen molar-refractivity contribution in [1.82, 2.24) is 9.78 Å². The van der Waals surface area contributed by atoms with E-state index in [0.717, 1.165) is 0 Å². The minimum absolute atomic E-state index is 0.266. The molecule has 0 spiro atoms. The minimum atomic E-state index is -0.717. The van der Waals surface area contributed by atoms with Crippen molar-refractivity contribution in [2.45, 2.75) is 13.8 Å². The predicted molar refractivity (Wildman–Crippen MR) is 67.0 cm³/mol. The lowest BCUT2D eigenvalue weighted by Gasteiger charge is -2.10. The fourth-order valence-electron chi connectivity index (χ4n) is 1.83. The maximum Gasteiger partial charge on any atom is 0.152 e. The van der Waals surface area contributed by atoms with Crippen LogP contribution in [0, 0.1) is 36.8 Å². The molecule has 1 N–H and O–H groups in total. The van der Waals surface area contributed by atoms with Crippen LogP contribution in [0.15, 0.2) is 12.1 Å². The minimum Gasteiger partial charge on any atom is -0.335 e. The first kappa shape index (κ1) is 13.0. The van der Waals surface area contributed by atoms with Crippen LogP contribution >= 0.6 is 0 Å². The second-order valence-corrected chi connectivity index (χ2v) is 4.22. The number of hydrogen-bond donors (Lipinski definition) is 1. The van der Waals surface area contributed by atoms with Crippen LogP contribution in [0.4, 0.5) is 20.3 Å². The number of hydrogen-bond acceptors (Lipinski definition) is 3. The van der Waals surface area contributed by atoms with E-state index in [1.165, 1.54) is 16.8 Å². The Bertz CT molecular complexity index is 683. The molecule has 19 heavy (non-hydrogen) atoms. The molecule has 2 rings (SSSR count). The van der Waals surface area contributed by atoms with Gasteiger partial charge in [0.1, 0.15) is 29.0 Å². The monoisotopic (exact) mass is 262 g/mol. The summed E-state index contributed by atoms with van der Waals surface area (Å²) >= 11 is 0. The summed E-state index contributed by atoms with van der Waals surface area (Å²) in [6.45, 7) is 3.20. The third-order valence-electron chi connectivity index (χ3n) is 2.86. The Hall–Kier alpha value is -2.42. The molecule has 6 heteroatoms. The zero-order valence-corrected chi connectivity index (χ0v) is 10.8. The Labute approximate surface area is 109 Å². The maximum absolute atomic E-state index is 13.9. The average Bonchev–Trinajstić information content (AvgIpc) is 2.64. The Kier molecular flexibility index (Phi) is 3.21. The molecule has 0 aliphatic carbocycles. The first-order valence-electron chi connectivity index (χ1n) is 5.61. The standard InChI is InChI=1S/C13H12F2N4/c1-7-4-5-10(14)12(11(7)15)17-13-9(6-16)8(2)18-19(13)3/h4-5,17H,1-3H3. The van der Waals surface area contributed by atoms with E-state index in [1.807, 2.05) is 6.07 Å². The van der Waals surface area contributed by atoms with E-state index in [4.69, 9.17) is 5.26 Å². The molecular formula is C13H12F2N4. The second-order valence-electron chi connectivity index (χ2n) is 4.22. The number of nitrogens with zero attached hydrogens (tertiary/aromatic N) is 3. The number of nitrogens with one attached hydrogen (secondary N) is 1. The van der Waals surface area contributed by atoms with Gasteiger partial charge in [0.2, 0.25) is 0 Å². The molecule has 98 valence electrons. The Balaban J connectivity index is 2.54. The molecular weight excluding hydrogens is 250 g/mol. The van der Waals surface area contributed by atoms with E-state index in [-0.39, 0.29) is 17.1 Å². The Morgan fingerprint density at radius 1 is 1.32 bits per heavy atom. The molecule has 2 aromatic rings. The number of nitriles is 1. The van der Waals surface area contributed by atoms with Crippen LogP contribution in [0.5, 0.6) is 0 Å². The summed E-state index contributed by atoms with van der Waals surface area (Å²) in [7, 11) is 1.60. The van der Waals surface area contributed by atoms with Crippen LogP contribution in [0.2, 0.25) is 0 Å². The molecule has 0 bridgehead atoms. The van der Waals surface area contributed by atoms with Crippen LogP contribution in [0.3, 0.4) is 0 Å². The first-order chi connectivity index (χ1) is 8.95. The van der Waals surface area contributed by atoms with E-state index in [1.54, 1.807) is 20.9 Å². The van der Waals surface area contributed by atoms with Crippen molar-refractivity contribution in [1.29, 1.82) is 5.26 Å². The third kappa shape index (κ3) is 2.15. The van der Waals surface area contributed by atoms with Crippen LogP contribution < -0.4 is 5.32 Å². The molecule has 0 unspecified atom stereocenters. The van der Waals surface area contributed by atoms with Crippen LogP contribution in [0.25, 0.3) is 0 Å². The molecule has 1 aromatic heterocycles. The number of halogens is 2. The van der Waals surface area contributed by atoms with Gasteiger partial charge in [0.05, 0.1) is 5.69 Å². The van der Waals surface area contributed by atoms with Crippen molar-refractivity contribution in [2.75, 3.05) is 5.32 Å². The fourth-order valence-corrected chi connectivity index (χ4v) is 1.83. The first-order valence-corrected chi connectivity index (χ1v) is 5.61. The number of anilines is 2. The molecule has 1 aromatic carbocycles. The highest BCUT2D eigenvalue weighted by atomic mass is 19.1. The van der Waals surface area contributed by atoms with Crippen molar-refractivity contribution >= 4 is 11.5 Å². The molecule has 0 saturated carbocycles. The van der Waals surface area contributed by atoms with E-state index in [9.17, 15) is 8.78 Å². The summed E-state index contributed by atoms with van der Waals surface area (Å²) in [6.07, 6.45) is 0. The van der Waals surface area contributed by atoms with Gasteiger partial charge in [0, 0.05) is 7.05 Å². The van der Waals surface area contributed by atoms with Gasteiger partial charge in [-0.25, -0.2) is 8.78 Å². The van der Waals surface area contributed by atoms with Crippen molar-refractivity contribution in [3.63, 3.8) is 0 Å². The highest BCUT2D eigenvalue weighted by Crippen LogP contribution is 2.28. The predicted octanol–water partition coefficient (Wildman–Crippen LogP) is 2.93. The van der Waals surface area contributed by atoms with Gasteiger partial charge in [-0.05, 0) is 25.5 Å². The molecule has 0 fully saturated rings. The molecule has 0 aliphatic rings. The van der Waals surface area contributed by atoms with E-state index < -0.39 is 11.6 Å². The van der Waals surface area contributed by atoms with Crippen molar-refractivity contribution in [2.24, 2.45) is 7.05 Å². The largest absolute Gasteiger partial charge is 0.335 e. The molecule has 0 amide bonds. The zero-order valence-electron chi connectivity index (χ0n) is 10.8. The number of rotatable bonds is 2. The van der Waals surface area contributed by atoms with Crippen molar-refractivity contribution < 1.29 is 8.78 Å². The summed E-state index contributed by atoms with van der Waals surface area (Å²) in [4.78, 5) is 0. The summed E-state index contributed by atoms with van der Waals surface area (Å²) in [5, 5.41) is 15.7. The maximum atomic E-state index is 13.9. The highest BCUT2D eigenvalue weighted by Gasteiger charge is 2.17. The number of aryl methyl sites for hydroxylation is 3. The quantitative estimate of drug-likeness (QED) is 0.905. The number of benzene rings is 1. The summed E-state index contributed by atoms with van der Waals surface area (Å²) in [6, 6.07) is 4.50. The zero-order chi connectivity index (χ0) is 14.2. The van der Waals surface area contributed by atoms with Crippen molar-refractivity contribution in [3.8, 4) is 6.07 Å². The normalized spacial score (nSPS) is 10.3. The molecule has 4 nitrogen and oxygen atoms in total. The molecule has 0 saturated heterocycles. The molecule has 1 heterocycles. The lowest BCUT2D eigenvalue weighted by Crippen LogP contribution is -2.05. The Morgan fingerprint density at radius 2 is 2.00 bits per heavy atom. The van der Waals surface area contributed by atoms with Gasteiger partial charge in [-0.1, -0.05) is 6.07 Å². The van der Waals surface area contributed by atoms with Crippen molar-refractivity contribution in [3.05, 3.63) is 40.6 Å². The molecule has 0 atom stereocenters. The second kappa shape index (κ2) is 4.69. The van der Waals surface area contributed by atoms with Gasteiger partial charge < -0.3 is 5.32 Å². The third-order valence-corrected chi connectivity index (χ3v) is 2.86. The van der Waals surface area contributed by atoms with Crippen LogP contribution in [-0.4, -0.2) is 9.78 Å². The average molecular weight is 262 g/mol. The van der Waals surface area contributed by atoms with Gasteiger partial charge in [-0.2, -0.15) is 10.4 Å². The Morgan fingerprint density at radius 3 is 2.63 bits per heavy atom. The van der Waals surface area contributed by atoms with Gasteiger partial charge in [0.25, 0.3) is 0 Å². The summed E-state index contributed by atoms with van der Waals surface area (Å²) in [5.74, 6) is -1.13. The molecule has 0 aliphatic heterocycles. The van der Waals surface area contributed by atoms with E-state index in [2.05, 4.69) is 10.4 Å². The highest BCUT2D eigenvalue weighted by molar-refractivity contribution is 5.65. The fraction of sp³-hybridized carbons (Fsp3) is 0.231. The summed E-state index contributed by atoms with van der Waals surface area (Å²) in [5.41, 5.74) is 0.810. The lowest BCUT2D eigenvalue weighted by molar-refractivity contribution is 0.584. The van der Waals surface area contributed by atoms with Gasteiger partial charge >= 0.3 is 0 Å². The van der Waals surface area contributed by atoms with E-state index >= 15 is 0 Å². The topological polar surface area (TPSA) is 53.6 Å². The smallest absolute Gasteiger partial charge is 0.152 e. The van der Waals surface area contributed by atoms with Gasteiger partial charge in [-0.3, -0.25) is 4.68 Å². The van der Waals surface area contributed by atoms with Crippen LogP contribution in [-0.2, 0) is 7.05 Å². The SMILES string of the molecule is Cc1ccc(F)c(Nc2c(C#N)c(C)nn2C)c1F. The molecule has 0 radical (unpaired) electrons. The van der Waals surface area contributed by atoms with E-state index in [0.29, 0.717) is 11.3 Å².